The summed E-state index contributed by atoms with van der Waals surface area (Å²) in [6.07, 6.45) is -0.291. The lowest BCUT2D eigenvalue weighted by Crippen LogP contribution is -2.48. The lowest BCUT2D eigenvalue weighted by Gasteiger charge is -2.23. The summed E-state index contributed by atoms with van der Waals surface area (Å²) in [7, 11) is 0. The lowest BCUT2D eigenvalue weighted by atomic mass is 9.87. The molecule has 5 heteroatoms. The van der Waals surface area contributed by atoms with Crippen molar-refractivity contribution in [3.05, 3.63) is 35.4 Å². The molecule has 150 valence electrons. The summed E-state index contributed by atoms with van der Waals surface area (Å²) in [5.41, 5.74) is 2.39. The van der Waals surface area contributed by atoms with Crippen molar-refractivity contribution in [2.45, 2.75) is 78.2 Å². The van der Waals surface area contributed by atoms with Gasteiger partial charge in [-0.15, -0.1) is 0 Å². The SMILES string of the molecule is CC(C)CC(OCc1ccc(C(C)(C)C)cc1)C(=O)NC1C(=O)COC1C. The van der Waals surface area contributed by atoms with Gasteiger partial charge in [0.1, 0.15) is 18.8 Å². The van der Waals surface area contributed by atoms with Gasteiger partial charge in [0, 0.05) is 0 Å². The highest BCUT2D eigenvalue weighted by Gasteiger charge is 2.35. The molecule has 1 amide bonds. The van der Waals surface area contributed by atoms with Gasteiger partial charge in [-0.25, -0.2) is 0 Å². The number of Topliss-reactive ketones (excluding diaryl/α,β-unsaturated/α-hetero) is 1. The van der Waals surface area contributed by atoms with Crippen molar-refractivity contribution in [3.8, 4) is 0 Å². The highest BCUT2D eigenvalue weighted by molar-refractivity contribution is 5.92. The van der Waals surface area contributed by atoms with Crippen molar-refractivity contribution in [1.82, 2.24) is 5.32 Å². The molecule has 0 aliphatic carbocycles. The maximum absolute atomic E-state index is 12.7. The molecular formula is C22H33NO4. The molecule has 0 aromatic heterocycles. The molecule has 3 atom stereocenters. The van der Waals surface area contributed by atoms with Crippen LogP contribution in [0.25, 0.3) is 0 Å². The minimum absolute atomic E-state index is 0.0575. The Kier molecular flexibility index (Phi) is 7.18. The van der Waals surface area contributed by atoms with Crippen LogP contribution in [-0.2, 0) is 31.1 Å². The van der Waals surface area contributed by atoms with E-state index in [1.165, 1.54) is 5.56 Å². The van der Waals surface area contributed by atoms with E-state index in [4.69, 9.17) is 9.47 Å². The van der Waals surface area contributed by atoms with Crippen LogP contribution in [-0.4, -0.2) is 36.5 Å². The van der Waals surface area contributed by atoms with Gasteiger partial charge in [-0.05, 0) is 35.8 Å². The Morgan fingerprint density at radius 1 is 1.26 bits per heavy atom. The Hall–Kier alpha value is -1.72. The van der Waals surface area contributed by atoms with E-state index in [9.17, 15) is 9.59 Å². The molecule has 2 rings (SSSR count). The van der Waals surface area contributed by atoms with Crippen molar-refractivity contribution in [2.24, 2.45) is 5.92 Å². The average molecular weight is 376 g/mol. The van der Waals surface area contributed by atoms with Crippen LogP contribution in [0.3, 0.4) is 0 Å². The third-order valence-electron chi connectivity index (χ3n) is 4.85. The Morgan fingerprint density at radius 2 is 1.89 bits per heavy atom. The number of nitrogens with one attached hydrogen (secondary N) is 1. The lowest BCUT2D eigenvalue weighted by molar-refractivity contribution is -0.137. The zero-order chi connectivity index (χ0) is 20.2. The molecule has 1 heterocycles. The van der Waals surface area contributed by atoms with Gasteiger partial charge in [0.05, 0.1) is 12.7 Å². The number of ether oxygens (including phenoxy) is 2. The molecule has 27 heavy (non-hydrogen) atoms. The second-order valence-electron chi connectivity index (χ2n) is 8.84. The van der Waals surface area contributed by atoms with Gasteiger partial charge in [0.2, 0.25) is 5.91 Å². The van der Waals surface area contributed by atoms with Crippen LogP contribution in [0.5, 0.6) is 0 Å². The van der Waals surface area contributed by atoms with Crippen LogP contribution in [0.1, 0.15) is 59.1 Å². The second kappa shape index (κ2) is 8.98. The van der Waals surface area contributed by atoms with Gasteiger partial charge >= 0.3 is 0 Å². The van der Waals surface area contributed by atoms with E-state index < -0.39 is 12.1 Å². The maximum Gasteiger partial charge on any atom is 0.249 e. The number of amides is 1. The minimum Gasteiger partial charge on any atom is -0.368 e. The predicted molar refractivity (Wildman–Crippen MR) is 106 cm³/mol. The van der Waals surface area contributed by atoms with E-state index in [2.05, 4.69) is 38.2 Å². The molecule has 1 aliphatic heterocycles. The topological polar surface area (TPSA) is 64.6 Å². The quantitative estimate of drug-likeness (QED) is 0.793. The van der Waals surface area contributed by atoms with Crippen LogP contribution < -0.4 is 5.32 Å². The summed E-state index contributed by atoms with van der Waals surface area (Å²) < 4.78 is 11.2. The van der Waals surface area contributed by atoms with Crippen LogP contribution in [0.4, 0.5) is 0 Å². The third-order valence-corrected chi connectivity index (χ3v) is 4.85. The largest absolute Gasteiger partial charge is 0.368 e. The first-order valence-corrected chi connectivity index (χ1v) is 9.73. The molecule has 5 nitrogen and oxygen atoms in total. The molecule has 1 aromatic carbocycles. The summed E-state index contributed by atoms with van der Waals surface area (Å²) in [5.74, 6) is -0.0282. The minimum atomic E-state index is -0.590. The monoisotopic (exact) mass is 375 g/mol. The van der Waals surface area contributed by atoms with Crippen molar-refractivity contribution in [3.63, 3.8) is 0 Å². The fourth-order valence-corrected chi connectivity index (χ4v) is 3.08. The Balaban J connectivity index is 1.99. The fraction of sp³-hybridized carbons (Fsp3) is 0.636. The predicted octanol–water partition coefficient (Wildman–Crippen LogP) is 3.39. The van der Waals surface area contributed by atoms with E-state index in [1.807, 2.05) is 26.0 Å². The van der Waals surface area contributed by atoms with Gasteiger partial charge in [0.25, 0.3) is 0 Å². The molecule has 0 saturated carbocycles. The molecule has 1 aromatic rings. The second-order valence-corrected chi connectivity index (χ2v) is 8.84. The van der Waals surface area contributed by atoms with E-state index in [0.29, 0.717) is 18.9 Å². The molecule has 1 saturated heterocycles. The summed E-state index contributed by atoms with van der Waals surface area (Å²) in [5, 5.41) is 2.81. The van der Waals surface area contributed by atoms with Crippen LogP contribution in [0.2, 0.25) is 0 Å². The Labute approximate surface area is 162 Å². The van der Waals surface area contributed by atoms with E-state index >= 15 is 0 Å². The smallest absolute Gasteiger partial charge is 0.249 e. The molecule has 1 N–H and O–H groups in total. The zero-order valence-corrected chi connectivity index (χ0v) is 17.4. The highest BCUT2D eigenvalue weighted by atomic mass is 16.5. The van der Waals surface area contributed by atoms with Crippen molar-refractivity contribution in [1.29, 1.82) is 0 Å². The van der Waals surface area contributed by atoms with Gasteiger partial charge < -0.3 is 14.8 Å². The van der Waals surface area contributed by atoms with Crippen LogP contribution in [0, 0.1) is 5.92 Å². The molecule has 1 fully saturated rings. The first kappa shape index (κ1) is 21.6. The summed E-state index contributed by atoms with van der Waals surface area (Å²) in [4.78, 5) is 24.6. The molecular weight excluding hydrogens is 342 g/mol. The van der Waals surface area contributed by atoms with Gasteiger partial charge in [-0.1, -0.05) is 58.9 Å². The summed E-state index contributed by atoms with van der Waals surface area (Å²) in [6.45, 7) is 12.8. The first-order valence-electron chi connectivity index (χ1n) is 9.73. The Bertz CT molecular complexity index is 645. The van der Waals surface area contributed by atoms with Crippen molar-refractivity contribution in [2.75, 3.05) is 6.61 Å². The number of carbonyl (C=O) groups excluding carboxylic acids is 2. The third kappa shape index (κ3) is 6.15. The fourth-order valence-electron chi connectivity index (χ4n) is 3.08. The van der Waals surface area contributed by atoms with Crippen molar-refractivity contribution >= 4 is 11.7 Å². The number of hydrogen-bond acceptors (Lipinski definition) is 4. The number of rotatable bonds is 7. The van der Waals surface area contributed by atoms with Crippen LogP contribution in [0.15, 0.2) is 24.3 Å². The van der Waals surface area contributed by atoms with Crippen molar-refractivity contribution < 1.29 is 19.1 Å². The standard InChI is InChI=1S/C22H33NO4/c1-14(2)11-19(21(25)23-20-15(3)26-13-18(20)24)27-12-16-7-9-17(10-8-16)22(4,5)6/h7-10,14-15,19-20H,11-13H2,1-6H3,(H,23,25). The highest BCUT2D eigenvalue weighted by Crippen LogP contribution is 2.23. The number of benzene rings is 1. The van der Waals surface area contributed by atoms with E-state index in [0.717, 1.165) is 5.56 Å². The van der Waals surface area contributed by atoms with Gasteiger partial charge in [0.15, 0.2) is 5.78 Å². The maximum atomic E-state index is 12.7. The molecule has 1 aliphatic rings. The number of hydrogen-bond donors (Lipinski definition) is 1. The molecule has 0 radical (unpaired) electrons. The first-order chi connectivity index (χ1) is 12.6. The molecule has 0 spiro atoms. The average Bonchev–Trinajstić information content (AvgIpc) is 2.89. The van der Waals surface area contributed by atoms with Crippen LogP contribution >= 0.6 is 0 Å². The normalized spacial score (nSPS) is 21.5. The number of ketones is 1. The molecule has 3 unspecified atom stereocenters. The zero-order valence-electron chi connectivity index (χ0n) is 17.4. The van der Waals surface area contributed by atoms with E-state index in [1.54, 1.807) is 6.92 Å². The number of carbonyl (C=O) groups is 2. The van der Waals surface area contributed by atoms with Gasteiger partial charge in [-0.3, -0.25) is 9.59 Å². The summed E-state index contributed by atoms with van der Waals surface area (Å²) >= 11 is 0. The van der Waals surface area contributed by atoms with Gasteiger partial charge in [-0.2, -0.15) is 0 Å². The molecule has 0 bridgehead atoms. The summed E-state index contributed by atoms with van der Waals surface area (Å²) in [6, 6.07) is 7.71. The van der Waals surface area contributed by atoms with E-state index in [-0.39, 0.29) is 29.8 Å². The Morgan fingerprint density at radius 3 is 2.37 bits per heavy atom.